The molecule has 0 saturated carbocycles. The van der Waals surface area contributed by atoms with Crippen molar-refractivity contribution in [3.63, 3.8) is 0 Å². The van der Waals surface area contributed by atoms with Gasteiger partial charge in [-0.15, -0.1) is 0 Å². The fourth-order valence-corrected chi connectivity index (χ4v) is 2.28. The molecule has 0 aliphatic rings. The predicted molar refractivity (Wildman–Crippen MR) is 78.3 cm³/mol. The molecule has 18 heavy (non-hydrogen) atoms. The summed E-state index contributed by atoms with van der Waals surface area (Å²) in [4.78, 5) is 0. The van der Waals surface area contributed by atoms with Gasteiger partial charge >= 0.3 is 0 Å². The maximum absolute atomic E-state index is 8.93. The van der Waals surface area contributed by atoms with E-state index >= 15 is 0 Å². The number of rotatable bonds is 2. The SMILES string of the molecule is Cc1ccc(Cl)cc1Nc1cc(Br)cc(C#N)c1. The van der Waals surface area contributed by atoms with Crippen molar-refractivity contribution in [1.82, 2.24) is 0 Å². The summed E-state index contributed by atoms with van der Waals surface area (Å²) in [7, 11) is 0. The van der Waals surface area contributed by atoms with Crippen molar-refractivity contribution in [3.05, 3.63) is 57.0 Å². The van der Waals surface area contributed by atoms with Crippen LogP contribution in [0.3, 0.4) is 0 Å². The Hall–Kier alpha value is -1.50. The van der Waals surface area contributed by atoms with E-state index in [2.05, 4.69) is 27.3 Å². The van der Waals surface area contributed by atoms with E-state index in [1.165, 1.54) is 0 Å². The highest BCUT2D eigenvalue weighted by Gasteiger charge is 2.03. The highest BCUT2D eigenvalue weighted by molar-refractivity contribution is 9.10. The molecule has 1 N–H and O–H groups in total. The first-order chi connectivity index (χ1) is 8.58. The Morgan fingerprint density at radius 1 is 1.22 bits per heavy atom. The lowest BCUT2D eigenvalue weighted by atomic mass is 10.1. The van der Waals surface area contributed by atoms with Crippen LogP contribution < -0.4 is 5.32 Å². The van der Waals surface area contributed by atoms with Crippen molar-refractivity contribution in [2.45, 2.75) is 6.92 Å². The van der Waals surface area contributed by atoms with Crippen LogP contribution in [0.15, 0.2) is 40.9 Å². The summed E-state index contributed by atoms with van der Waals surface area (Å²) < 4.78 is 0.865. The monoisotopic (exact) mass is 320 g/mol. The van der Waals surface area contributed by atoms with Gasteiger partial charge in [0.2, 0.25) is 0 Å². The van der Waals surface area contributed by atoms with Crippen molar-refractivity contribution < 1.29 is 0 Å². The summed E-state index contributed by atoms with van der Waals surface area (Å²) in [6.45, 7) is 2.00. The Balaban J connectivity index is 2.37. The average molecular weight is 322 g/mol. The average Bonchev–Trinajstić information content (AvgIpc) is 2.33. The molecule has 2 aromatic carbocycles. The van der Waals surface area contributed by atoms with E-state index in [0.29, 0.717) is 10.6 Å². The van der Waals surface area contributed by atoms with Gasteiger partial charge in [-0.25, -0.2) is 0 Å². The summed E-state index contributed by atoms with van der Waals surface area (Å²) in [6.07, 6.45) is 0. The van der Waals surface area contributed by atoms with Crippen molar-refractivity contribution in [3.8, 4) is 6.07 Å². The lowest BCUT2D eigenvalue weighted by Crippen LogP contribution is -1.93. The standard InChI is InChI=1S/C14H10BrClN2/c1-9-2-3-12(16)7-14(9)18-13-5-10(8-17)4-11(15)6-13/h2-7,18H,1H3. The molecule has 2 rings (SSSR count). The van der Waals surface area contributed by atoms with Gasteiger partial charge in [0.15, 0.2) is 0 Å². The highest BCUT2D eigenvalue weighted by atomic mass is 79.9. The Bertz CT molecular complexity index is 632. The highest BCUT2D eigenvalue weighted by Crippen LogP contribution is 2.26. The largest absolute Gasteiger partial charge is 0.355 e. The maximum atomic E-state index is 8.93. The second kappa shape index (κ2) is 5.43. The van der Waals surface area contributed by atoms with Crippen LogP contribution in [0.4, 0.5) is 11.4 Å². The van der Waals surface area contributed by atoms with Crippen LogP contribution in [-0.4, -0.2) is 0 Å². The number of nitriles is 1. The summed E-state index contributed by atoms with van der Waals surface area (Å²) in [5.74, 6) is 0. The molecule has 0 radical (unpaired) electrons. The van der Waals surface area contributed by atoms with Crippen LogP contribution >= 0.6 is 27.5 Å². The van der Waals surface area contributed by atoms with E-state index in [4.69, 9.17) is 16.9 Å². The molecule has 4 heteroatoms. The van der Waals surface area contributed by atoms with Gasteiger partial charge in [-0.05, 0) is 42.8 Å². The second-order valence-corrected chi connectivity index (χ2v) is 5.28. The normalized spacial score (nSPS) is 9.89. The number of hydrogen-bond acceptors (Lipinski definition) is 2. The zero-order valence-corrected chi connectivity index (χ0v) is 12.0. The van der Waals surface area contributed by atoms with Gasteiger partial charge in [-0.1, -0.05) is 33.6 Å². The van der Waals surface area contributed by atoms with Crippen LogP contribution in [0.25, 0.3) is 0 Å². The third-order valence-corrected chi connectivity index (χ3v) is 3.20. The Morgan fingerprint density at radius 2 is 2.00 bits per heavy atom. The van der Waals surface area contributed by atoms with Crippen LogP contribution in [0.2, 0.25) is 5.02 Å². The number of nitrogens with zero attached hydrogens (tertiary/aromatic N) is 1. The van der Waals surface area contributed by atoms with Gasteiger partial charge < -0.3 is 5.32 Å². The molecule has 0 amide bonds. The molecule has 0 aliphatic carbocycles. The van der Waals surface area contributed by atoms with Gasteiger partial charge in [-0.3, -0.25) is 0 Å². The molecule has 0 fully saturated rings. The molecule has 0 spiro atoms. The number of nitrogens with one attached hydrogen (secondary N) is 1. The summed E-state index contributed by atoms with van der Waals surface area (Å²) >= 11 is 9.35. The third kappa shape index (κ3) is 3.04. The van der Waals surface area contributed by atoms with Crippen molar-refractivity contribution >= 4 is 38.9 Å². The minimum atomic E-state index is 0.603. The first kappa shape index (κ1) is 12.9. The van der Waals surface area contributed by atoms with Crippen LogP contribution in [0.1, 0.15) is 11.1 Å². The van der Waals surface area contributed by atoms with E-state index in [0.717, 1.165) is 21.4 Å². The van der Waals surface area contributed by atoms with E-state index in [1.54, 1.807) is 12.1 Å². The number of aryl methyl sites for hydroxylation is 1. The molecule has 0 atom stereocenters. The lowest BCUT2D eigenvalue weighted by molar-refractivity contribution is 1.42. The quantitative estimate of drug-likeness (QED) is 0.842. The fraction of sp³-hybridized carbons (Fsp3) is 0.0714. The molecule has 90 valence electrons. The Kier molecular flexibility index (Phi) is 3.90. The van der Waals surface area contributed by atoms with Crippen LogP contribution in [0, 0.1) is 18.3 Å². The number of benzene rings is 2. The third-order valence-electron chi connectivity index (χ3n) is 2.51. The molecule has 0 saturated heterocycles. The predicted octanol–water partition coefficient (Wildman–Crippen LogP) is 5.03. The molecule has 0 aliphatic heterocycles. The smallest absolute Gasteiger partial charge is 0.0992 e. The maximum Gasteiger partial charge on any atom is 0.0992 e. The minimum Gasteiger partial charge on any atom is -0.355 e. The molecule has 2 nitrogen and oxygen atoms in total. The van der Waals surface area contributed by atoms with E-state index < -0.39 is 0 Å². The van der Waals surface area contributed by atoms with Gasteiger partial charge in [0.25, 0.3) is 0 Å². The Labute approximate surface area is 119 Å². The van der Waals surface area contributed by atoms with Crippen molar-refractivity contribution in [2.24, 2.45) is 0 Å². The van der Waals surface area contributed by atoms with Gasteiger partial charge in [-0.2, -0.15) is 5.26 Å². The first-order valence-electron chi connectivity index (χ1n) is 5.32. The van der Waals surface area contributed by atoms with Crippen LogP contribution in [0.5, 0.6) is 0 Å². The first-order valence-corrected chi connectivity index (χ1v) is 6.49. The lowest BCUT2D eigenvalue weighted by Gasteiger charge is -2.10. The van der Waals surface area contributed by atoms with Crippen LogP contribution in [-0.2, 0) is 0 Å². The zero-order valence-electron chi connectivity index (χ0n) is 9.67. The van der Waals surface area contributed by atoms with Gasteiger partial charge in [0, 0.05) is 20.9 Å². The molecule has 0 bridgehead atoms. The summed E-state index contributed by atoms with van der Waals surface area (Å²) in [6, 6.07) is 13.3. The fourth-order valence-electron chi connectivity index (χ4n) is 1.61. The summed E-state index contributed by atoms with van der Waals surface area (Å²) in [5.41, 5.74) is 3.49. The topological polar surface area (TPSA) is 35.8 Å². The van der Waals surface area contributed by atoms with Gasteiger partial charge in [0.05, 0.1) is 11.6 Å². The molecule has 0 unspecified atom stereocenters. The number of halogens is 2. The molecular weight excluding hydrogens is 312 g/mol. The molecule has 0 aromatic heterocycles. The minimum absolute atomic E-state index is 0.603. The number of anilines is 2. The zero-order chi connectivity index (χ0) is 13.1. The second-order valence-electron chi connectivity index (χ2n) is 3.92. The number of hydrogen-bond donors (Lipinski definition) is 1. The van der Waals surface area contributed by atoms with E-state index in [9.17, 15) is 0 Å². The van der Waals surface area contributed by atoms with E-state index in [1.807, 2.05) is 31.2 Å². The Morgan fingerprint density at radius 3 is 2.72 bits per heavy atom. The van der Waals surface area contributed by atoms with E-state index in [-0.39, 0.29) is 0 Å². The summed E-state index contributed by atoms with van der Waals surface area (Å²) in [5, 5.41) is 12.9. The van der Waals surface area contributed by atoms with Crippen molar-refractivity contribution in [2.75, 3.05) is 5.32 Å². The van der Waals surface area contributed by atoms with Crippen molar-refractivity contribution in [1.29, 1.82) is 5.26 Å². The van der Waals surface area contributed by atoms with Gasteiger partial charge in [0.1, 0.15) is 0 Å². The molecule has 2 aromatic rings. The molecular formula is C14H10BrClN2. The molecule has 0 heterocycles.